The molecule has 1 heteroatoms. The first-order valence-electron chi connectivity index (χ1n) is 8.02. The van der Waals surface area contributed by atoms with Gasteiger partial charge in [0.05, 0.1) is 0 Å². The summed E-state index contributed by atoms with van der Waals surface area (Å²) in [5.74, 6) is 2.25. The number of benzene rings is 2. The van der Waals surface area contributed by atoms with E-state index in [0.717, 1.165) is 11.5 Å². The van der Waals surface area contributed by atoms with Gasteiger partial charge in [-0.3, -0.25) is 0 Å². The molecule has 0 aliphatic carbocycles. The zero-order valence-electron chi connectivity index (χ0n) is 14.5. The molecule has 2 aromatic carbocycles. The van der Waals surface area contributed by atoms with Gasteiger partial charge in [-0.25, -0.2) is 0 Å². The average Bonchev–Trinajstić information content (AvgIpc) is 2.50. The smallest absolute Gasteiger partial charge is 0.0187 e. The van der Waals surface area contributed by atoms with Crippen molar-refractivity contribution >= 4 is 11.8 Å². The Kier molecular flexibility index (Phi) is 5.39. The Balaban J connectivity index is 2.03. The molecule has 0 amide bonds. The second-order valence-corrected chi connectivity index (χ2v) is 8.28. The Morgan fingerprint density at radius 2 is 1.41 bits per heavy atom. The Hall–Kier alpha value is -1.21. The number of thioether (sulfide) groups is 1. The van der Waals surface area contributed by atoms with E-state index in [-0.39, 0.29) is 10.8 Å². The van der Waals surface area contributed by atoms with E-state index in [2.05, 4.69) is 89.2 Å². The topological polar surface area (TPSA) is 0 Å². The summed E-state index contributed by atoms with van der Waals surface area (Å²) >= 11 is 2.05. The minimum absolute atomic E-state index is 0.160. The largest absolute Gasteiger partial charge is 0.157 e. The molecule has 118 valence electrons. The SMILES string of the molecule is Cc1ccccc1CSCC(C)(C)C(C)(C)c1ccccc1. The van der Waals surface area contributed by atoms with E-state index < -0.39 is 0 Å². The maximum Gasteiger partial charge on any atom is 0.0187 e. The molecule has 0 bridgehead atoms. The van der Waals surface area contributed by atoms with Crippen LogP contribution in [0.25, 0.3) is 0 Å². The van der Waals surface area contributed by atoms with Gasteiger partial charge in [0.1, 0.15) is 0 Å². The lowest BCUT2D eigenvalue weighted by atomic mass is 9.65. The van der Waals surface area contributed by atoms with E-state index in [9.17, 15) is 0 Å². The Bertz CT molecular complexity index is 596. The van der Waals surface area contributed by atoms with Crippen molar-refractivity contribution in [3.05, 3.63) is 71.3 Å². The lowest BCUT2D eigenvalue weighted by molar-refractivity contribution is 0.232. The van der Waals surface area contributed by atoms with Crippen LogP contribution in [0.15, 0.2) is 54.6 Å². The standard InChI is InChI=1S/C21H28S/c1-17-11-9-10-12-18(17)15-22-16-20(2,3)21(4,5)19-13-7-6-8-14-19/h6-14H,15-16H2,1-5H3. The molecule has 0 saturated heterocycles. The molecule has 0 radical (unpaired) electrons. The van der Waals surface area contributed by atoms with Crippen molar-refractivity contribution in [3.63, 3.8) is 0 Å². The van der Waals surface area contributed by atoms with Crippen molar-refractivity contribution in [1.29, 1.82) is 0 Å². The molecule has 0 N–H and O–H groups in total. The highest BCUT2D eigenvalue weighted by Gasteiger charge is 2.37. The van der Waals surface area contributed by atoms with E-state index in [4.69, 9.17) is 0 Å². The van der Waals surface area contributed by atoms with Gasteiger partial charge in [-0.15, -0.1) is 0 Å². The highest BCUT2D eigenvalue weighted by Crippen LogP contribution is 2.43. The van der Waals surface area contributed by atoms with Crippen molar-refractivity contribution in [2.75, 3.05) is 5.75 Å². The first-order chi connectivity index (χ1) is 10.3. The van der Waals surface area contributed by atoms with Crippen molar-refractivity contribution in [3.8, 4) is 0 Å². The summed E-state index contributed by atoms with van der Waals surface area (Å²) in [5.41, 5.74) is 4.68. The van der Waals surface area contributed by atoms with E-state index in [1.54, 1.807) is 0 Å². The number of aryl methyl sites for hydroxylation is 1. The van der Waals surface area contributed by atoms with E-state index in [0.29, 0.717) is 0 Å². The molecule has 0 aliphatic heterocycles. The molecule has 0 atom stereocenters. The first-order valence-corrected chi connectivity index (χ1v) is 9.18. The number of hydrogen-bond donors (Lipinski definition) is 0. The quantitative estimate of drug-likeness (QED) is 0.609. The van der Waals surface area contributed by atoms with Crippen molar-refractivity contribution in [2.45, 2.75) is 45.8 Å². The monoisotopic (exact) mass is 312 g/mol. The van der Waals surface area contributed by atoms with Crippen LogP contribution in [0.3, 0.4) is 0 Å². The molecule has 0 aromatic heterocycles. The second-order valence-electron chi connectivity index (χ2n) is 7.29. The molecule has 0 fully saturated rings. The fraction of sp³-hybridized carbons (Fsp3) is 0.429. The zero-order chi connectivity index (χ0) is 16.2. The minimum Gasteiger partial charge on any atom is -0.157 e. The third-order valence-corrected chi connectivity index (χ3v) is 6.61. The van der Waals surface area contributed by atoms with Crippen LogP contribution >= 0.6 is 11.8 Å². The van der Waals surface area contributed by atoms with Gasteiger partial charge in [0.15, 0.2) is 0 Å². The van der Waals surface area contributed by atoms with Crippen LogP contribution in [0.1, 0.15) is 44.4 Å². The van der Waals surface area contributed by atoms with Crippen LogP contribution in [-0.4, -0.2) is 5.75 Å². The van der Waals surface area contributed by atoms with E-state index >= 15 is 0 Å². The van der Waals surface area contributed by atoms with Crippen LogP contribution in [-0.2, 0) is 11.2 Å². The van der Waals surface area contributed by atoms with Gasteiger partial charge in [-0.2, -0.15) is 11.8 Å². The normalized spacial score (nSPS) is 12.4. The molecular formula is C21H28S. The van der Waals surface area contributed by atoms with Crippen LogP contribution in [0, 0.1) is 12.3 Å². The van der Waals surface area contributed by atoms with Gasteiger partial charge in [0, 0.05) is 5.75 Å². The van der Waals surface area contributed by atoms with Crippen LogP contribution < -0.4 is 0 Å². The van der Waals surface area contributed by atoms with Gasteiger partial charge >= 0.3 is 0 Å². The molecule has 0 heterocycles. The van der Waals surface area contributed by atoms with Crippen molar-refractivity contribution in [2.24, 2.45) is 5.41 Å². The summed E-state index contributed by atoms with van der Waals surface area (Å²) in [6, 6.07) is 19.6. The van der Waals surface area contributed by atoms with Crippen molar-refractivity contribution in [1.82, 2.24) is 0 Å². The van der Waals surface area contributed by atoms with Crippen LogP contribution in [0.4, 0.5) is 0 Å². The summed E-state index contributed by atoms with van der Waals surface area (Å²) in [5, 5.41) is 0. The van der Waals surface area contributed by atoms with Crippen LogP contribution in [0.5, 0.6) is 0 Å². The summed E-state index contributed by atoms with van der Waals surface area (Å²) in [6.45, 7) is 11.7. The molecule has 2 aromatic rings. The third kappa shape index (κ3) is 3.76. The molecule has 0 aliphatic rings. The molecule has 0 spiro atoms. The van der Waals surface area contributed by atoms with Crippen LogP contribution in [0.2, 0.25) is 0 Å². The average molecular weight is 313 g/mol. The molecule has 2 rings (SSSR count). The summed E-state index contributed by atoms with van der Waals surface area (Å²) in [6.07, 6.45) is 0. The highest BCUT2D eigenvalue weighted by molar-refractivity contribution is 7.98. The Morgan fingerprint density at radius 3 is 2.05 bits per heavy atom. The Labute approximate surface area is 140 Å². The zero-order valence-corrected chi connectivity index (χ0v) is 15.3. The maximum absolute atomic E-state index is 2.39. The molecule has 22 heavy (non-hydrogen) atoms. The second kappa shape index (κ2) is 6.91. The molecule has 0 unspecified atom stereocenters. The first kappa shape index (κ1) is 17.1. The molecule has 0 nitrogen and oxygen atoms in total. The minimum atomic E-state index is 0.160. The summed E-state index contributed by atoms with van der Waals surface area (Å²) in [7, 11) is 0. The fourth-order valence-electron chi connectivity index (χ4n) is 2.61. The van der Waals surface area contributed by atoms with Gasteiger partial charge in [-0.1, -0.05) is 82.3 Å². The molecular weight excluding hydrogens is 284 g/mol. The number of rotatable bonds is 6. The highest BCUT2D eigenvalue weighted by atomic mass is 32.2. The van der Waals surface area contributed by atoms with Crippen molar-refractivity contribution < 1.29 is 0 Å². The number of hydrogen-bond acceptors (Lipinski definition) is 1. The third-order valence-electron chi connectivity index (χ3n) is 5.17. The van der Waals surface area contributed by atoms with Gasteiger partial charge in [-0.05, 0) is 40.2 Å². The van der Waals surface area contributed by atoms with Gasteiger partial charge in [0.25, 0.3) is 0 Å². The fourth-order valence-corrected chi connectivity index (χ4v) is 4.13. The maximum atomic E-state index is 2.39. The Morgan fingerprint density at radius 1 is 0.818 bits per heavy atom. The lowest BCUT2D eigenvalue weighted by Crippen LogP contribution is -2.38. The van der Waals surface area contributed by atoms with E-state index in [1.165, 1.54) is 16.7 Å². The predicted octanol–water partition coefficient (Wildman–Crippen LogP) is 6.23. The van der Waals surface area contributed by atoms with Gasteiger partial charge < -0.3 is 0 Å². The summed E-state index contributed by atoms with van der Waals surface area (Å²) < 4.78 is 0. The van der Waals surface area contributed by atoms with E-state index in [1.807, 2.05) is 11.8 Å². The van der Waals surface area contributed by atoms with Gasteiger partial charge in [0.2, 0.25) is 0 Å². The lowest BCUT2D eigenvalue weighted by Gasteiger charge is -2.42. The molecule has 0 saturated carbocycles. The predicted molar refractivity (Wildman–Crippen MR) is 101 cm³/mol. The summed E-state index contributed by atoms with van der Waals surface area (Å²) in [4.78, 5) is 0.